The third-order valence-electron chi connectivity index (χ3n) is 4.46. The molecule has 0 aliphatic heterocycles. The van der Waals surface area contributed by atoms with Gasteiger partial charge in [-0.3, -0.25) is 18.9 Å². The highest BCUT2D eigenvalue weighted by Crippen LogP contribution is 2.49. The number of anilines is 1. The maximum Gasteiger partial charge on any atom is 0.510 e. The molecule has 0 radical (unpaired) electrons. The molecule has 35 heavy (non-hydrogen) atoms. The van der Waals surface area contributed by atoms with Crippen LogP contribution in [0.2, 0.25) is 0 Å². The van der Waals surface area contributed by atoms with E-state index in [1.807, 2.05) is 0 Å². The molecule has 0 saturated carbocycles. The average Bonchev–Trinajstić information content (AvgIpc) is 3.23. The largest absolute Gasteiger partial charge is 0.510 e. The number of fused-ring (bicyclic) bond motifs is 1. The molecule has 0 aliphatic carbocycles. The van der Waals surface area contributed by atoms with E-state index in [2.05, 4.69) is 24.4 Å². The van der Waals surface area contributed by atoms with Gasteiger partial charge < -0.3 is 33.8 Å². The second-order valence-corrected chi connectivity index (χ2v) is 8.79. The Labute approximate surface area is 197 Å². The summed E-state index contributed by atoms with van der Waals surface area (Å²) in [6.45, 7) is -0.860. The van der Waals surface area contributed by atoms with E-state index in [1.165, 1.54) is 30.1 Å². The number of nitrogens with two attached hydrogens (primary N) is 1. The zero-order chi connectivity index (χ0) is 25.4. The summed E-state index contributed by atoms with van der Waals surface area (Å²) in [5.41, 5.74) is 5.77. The zero-order valence-corrected chi connectivity index (χ0v) is 19.7. The minimum atomic E-state index is -3.98. The number of aromatic nitrogens is 4. The summed E-state index contributed by atoms with van der Waals surface area (Å²) in [4.78, 5) is 33.3. The number of H-pyrrole nitrogens is 1. The Morgan fingerprint density at radius 3 is 2.80 bits per heavy atom. The number of hydrogen-bond acceptors (Lipinski definition) is 12. The van der Waals surface area contributed by atoms with Gasteiger partial charge in [0.2, 0.25) is 12.7 Å². The lowest BCUT2D eigenvalue weighted by Gasteiger charge is -2.18. The molecule has 190 valence electrons. The molecule has 0 aliphatic rings. The summed E-state index contributed by atoms with van der Waals surface area (Å²) in [6, 6.07) is 4.06. The summed E-state index contributed by atoms with van der Waals surface area (Å²) in [5, 5.41) is 0. The first-order valence-corrected chi connectivity index (χ1v) is 11.7. The van der Waals surface area contributed by atoms with Gasteiger partial charge in [0.15, 0.2) is 22.7 Å². The second kappa shape index (κ2) is 11.8. The van der Waals surface area contributed by atoms with Gasteiger partial charge in [0.1, 0.15) is 6.35 Å². The molecule has 1 atom stereocenters. The van der Waals surface area contributed by atoms with Gasteiger partial charge in [0.05, 0.1) is 33.8 Å². The Hall–Kier alpha value is -3.52. The Morgan fingerprint density at radius 2 is 2.09 bits per heavy atom. The van der Waals surface area contributed by atoms with Gasteiger partial charge in [-0.15, -0.1) is 0 Å². The molecule has 0 bridgehead atoms. The Balaban J connectivity index is 1.61. The van der Waals surface area contributed by atoms with E-state index >= 15 is 0 Å². The number of carbonyl (C=O) groups is 1. The number of nitrogens with zero attached hydrogens (tertiary/aromatic N) is 3. The molecule has 2 aromatic heterocycles. The standard InChI is InChI=1S/C19H23FN5O9P/c1-29-14-4-3-12(7-13(14)20)8-33-35(28,34-10-32-19(27)30-2)11-31-6-5-25-9-22-15-16(25)23-18(21)24-17(15)26/h3-4,7,9H,5-6,8,10-11H2,1-2H3,(H3,21,23,24,26). The highest BCUT2D eigenvalue weighted by molar-refractivity contribution is 7.53. The molecule has 3 N–H and O–H groups in total. The molecule has 0 fully saturated rings. The van der Waals surface area contributed by atoms with Crippen molar-refractivity contribution in [1.29, 1.82) is 0 Å². The fraction of sp³-hybridized carbons (Fsp3) is 0.368. The summed E-state index contributed by atoms with van der Waals surface area (Å²) in [5.74, 6) is -0.666. The fourth-order valence-corrected chi connectivity index (χ4v) is 3.91. The van der Waals surface area contributed by atoms with Crippen LogP contribution in [0, 0.1) is 5.82 Å². The van der Waals surface area contributed by atoms with Gasteiger partial charge >= 0.3 is 13.8 Å². The average molecular weight is 515 g/mol. The minimum Gasteiger partial charge on any atom is -0.494 e. The van der Waals surface area contributed by atoms with Crippen LogP contribution in [0.15, 0.2) is 29.3 Å². The number of nitrogens with one attached hydrogen (secondary N) is 1. The van der Waals surface area contributed by atoms with E-state index in [0.29, 0.717) is 5.56 Å². The van der Waals surface area contributed by atoms with Crippen molar-refractivity contribution in [3.63, 3.8) is 0 Å². The molecular formula is C19H23FN5O9P. The predicted octanol–water partition coefficient (Wildman–Crippen LogP) is 1.99. The number of benzene rings is 1. The monoisotopic (exact) mass is 515 g/mol. The van der Waals surface area contributed by atoms with Gasteiger partial charge in [-0.05, 0) is 17.7 Å². The van der Waals surface area contributed by atoms with Crippen molar-refractivity contribution in [2.24, 2.45) is 0 Å². The highest BCUT2D eigenvalue weighted by atomic mass is 31.2. The lowest BCUT2D eigenvalue weighted by atomic mass is 10.2. The normalized spacial score (nSPS) is 12.9. The number of imidazole rings is 1. The molecular weight excluding hydrogens is 492 g/mol. The highest BCUT2D eigenvalue weighted by Gasteiger charge is 2.27. The topological polar surface area (TPSA) is 179 Å². The van der Waals surface area contributed by atoms with E-state index in [0.717, 1.165) is 13.2 Å². The number of ether oxygens (including phenoxy) is 4. The van der Waals surface area contributed by atoms with Crippen LogP contribution in [0.1, 0.15) is 5.56 Å². The molecule has 3 aromatic rings. The third kappa shape index (κ3) is 6.99. The molecule has 1 unspecified atom stereocenters. The van der Waals surface area contributed by atoms with Crippen LogP contribution in [-0.4, -0.2) is 59.6 Å². The number of rotatable bonds is 12. The van der Waals surface area contributed by atoms with E-state index in [-0.39, 0.29) is 42.6 Å². The quantitative estimate of drug-likeness (QED) is 0.155. The summed E-state index contributed by atoms with van der Waals surface area (Å²) >= 11 is 0. The van der Waals surface area contributed by atoms with Crippen LogP contribution >= 0.6 is 7.60 Å². The van der Waals surface area contributed by atoms with Crippen molar-refractivity contribution in [2.75, 3.05) is 39.7 Å². The molecule has 2 heterocycles. The van der Waals surface area contributed by atoms with Gasteiger partial charge in [0.25, 0.3) is 5.56 Å². The molecule has 0 spiro atoms. The summed E-state index contributed by atoms with van der Waals surface area (Å²) < 4.78 is 58.3. The number of methoxy groups -OCH3 is 2. The van der Waals surface area contributed by atoms with Gasteiger partial charge in [-0.25, -0.2) is 14.2 Å². The second-order valence-electron chi connectivity index (χ2n) is 6.80. The van der Waals surface area contributed by atoms with E-state index in [4.69, 9.17) is 24.3 Å². The molecule has 0 saturated heterocycles. The predicted molar refractivity (Wildman–Crippen MR) is 118 cm³/mol. The molecule has 0 amide bonds. The summed E-state index contributed by atoms with van der Waals surface area (Å²) in [6.07, 6.45) is -0.202. The van der Waals surface area contributed by atoms with E-state index in [1.54, 1.807) is 0 Å². The maximum atomic E-state index is 13.9. The Morgan fingerprint density at radius 1 is 1.29 bits per heavy atom. The van der Waals surface area contributed by atoms with Crippen LogP contribution in [0.25, 0.3) is 11.2 Å². The van der Waals surface area contributed by atoms with Crippen LogP contribution < -0.4 is 16.0 Å². The molecule has 3 rings (SSSR count). The lowest BCUT2D eigenvalue weighted by Crippen LogP contribution is -2.14. The van der Waals surface area contributed by atoms with E-state index < -0.39 is 38.3 Å². The fourth-order valence-electron chi connectivity index (χ4n) is 2.77. The number of nitrogen functional groups attached to an aromatic ring is 1. The van der Waals surface area contributed by atoms with Gasteiger partial charge in [0, 0.05) is 6.54 Å². The Bertz CT molecular complexity index is 1280. The van der Waals surface area contributed by atoms with Crippen molar-refractivity contribution in [3.8, 4) is 5.75 Å². The third-order valence-corrected chi connectivity index (χ3v) is 5.98. The van der Waals surface area contributed by atoms with Crippen LogP contribution in [0.5, 0.6) is 5.75 Å². The van der Waals surface area contributed by atoms with Crippen LogP contribution in [0.3, 0.4) is 0 Å². The molecule has 16 heteroatoms. The summed E-state index contributed by atoms with van der Waals surface area (Å²) in [7, 11) is -1.56. The van der Waals surface area contributed by atoms with Crippen molar-refractivity contribution in [1.82, 2.24) is 19.5 Å². The zero-order valence-electron chi connectivity index (χ0n) is 18.8. The van der Waals surface area contributed by atoms with Crippen LogP contribution in [-0.2, 0) is 41.0 Å². The Kier molecular flexibility index (Phi) is 8.76. The first-order valence-electron chi connectivity index (χ1n) is 9.94. The smallest absolute Gasteiger partial charge is 0.494 e. The molecule has 1 aromatic carbocycles. The van der Waals surface area contributed by atoms with Crippen molar-refractivity contribution < 1.29 is 41.7 Å². The van der Waals surface area contributed by atoms with Crippen LogP contribution in [0.4, 0.5) is 15.1 Å². The number of hydrogen-bond donors (Lipinski definition) is 2. The SMILES string of the molecule is COC(=O)OCOP(=O)(COCCn1cnc2c(=O)[nH]c(N)nc21)OCc1ccc(OC)c(F)c1. The number of carbonyl (C=O) groups excluding carboxylic acids is 1. The van der Waals surface area contributed by atoms with Gasteiger partial charge in [-0.2, -0.15) is 4.98 Å². The molecule has 14 nitrogen and oxygen atoms in total. The van der Waals surface area contributed by atoms with Gasteiger partial charge in [-0.1, -0.05) is 6.07 Å². The van der Waals surface area contributed by atoms with Crippen molar-refractivity contribution in [3.05, 3.63) is 46.3 Å². The maximum absolute atomic E-state index is 13.9. The van der Waals surface area contributed by atoms with E-state index in [9.17, 15) is 18.5 Å². The number of halogens is 1. The first-order chi connectivity index (χ1) is 16.7. The van der Waals surface area contributed by atoms with Crippen molar-refractivity contribution in [2.45, 2.75) is 13.2 Å². The lowest BCUT2D eigenvalue weighted by molar-refractivity contribution is 0.00267. The minimum absolute atomic E-state index is 0.00836. The number of aromatic amines is 1. The van der Waals surface area contributed by atoms with Crippen molar-refractivity contribution >= 4 is 30.9 Å². The first kappa shape index (κ1) is 26.1.